The molecule has 1 saturated carbocycles. The summed E-state index contributed by atoms with van der Waals surface area (Å²) >= 11 is 4.33. The highest BCUT2D eigenvalue weighted by molar-refractivity contribution is 9.10. The Balaban J connectivity index is 1.36. The van der Waals surface area contributed by atoms with Crippen LogP contribution in [0.2, 0.25) is 0 Å². The zero-order chi connectivity index (χ0) is 22.7. The van der Waals surface area contributed by atoms with Gasteiger partial charge in [-0.05, 0) is 63.2 Å². The molecular formula is C19H18BrFN6O4S. The molecule has 1 aliphatic rings. The lowest BCUT2D eigenvalue weighted by molar-refractivity contribution is 0.234. The SMILES string of the molecule is O=c1c(NCCSc2nonc2C(=Nc2ccc(F)c(Br)c2)NO)c(NCC2CC2)c1=O. The Morgan fingerprint density at radius 1 is 1.25 bits per heavy atom. The molecule has 1 heterocycles. The van der Waals surface area contributed by atoms with Crippen LogP contribution < -0.4 is 27.0 Å². The Kier molecular flexibility index (Phi) is 6.86. The van der Waals surface area contributed by atoms with Crippen molar-refractivity contribution in [2.75, 3.05) is 29.5 Å². The molecule has 0 aliphatic heterocycles. The van der Waals surface area contributed by atoms with E-state index in [1.165, 1.54) is 30.0 Å². The summed E-state index contributed by atoms with van der Waals surface area (Å²) in [4.78, 5) is 27.8. The van der Waals surface area contributed by atoms with Crippen LogP contribution in [0.1, 0.15) is 18.5 Å². The Bertz CT molecular complexity index is 1220. The van der Waals surface area contributed by atoms with E-state index in [-0.39, 0.29) is 16.0 Å². The highest BCUT2D eigenvalue weighted by Crippen LogP contribution is 2.29. The summed E-state index contributed by atoms with van der Waals surface area (Å²) in [5.41, 5.74) is 2.11. The molecule has 0 saturated heterocycles. The number of aliphatic imine (C=N–C) groups is 1. The van der Waals surface area contributed by atoms with Crippen molar-refractivity contribution >= 4 is 50.6 Å². The maximum absolute atomic E-state index is 13.4. The van der Waals surface area contributed by atoms with Gasteiger partial charge in [0.2, 0.25) is 0 Å². The first-order chi connectivity index (χ1) is 15.5. The molecule has 168 valence electrons. The number of nitrogens with zero attached hydrogens (tertiary/aromatic N) is 3. The van der Waals surface area contributed by atoms with Crippen molar-refractivity contribution in [3.8, 4) is 0 Å². The fourth-order valence-corrected chi connectivity index (χ4v) is 3.98. The fourth-order valence-electron chi connectivity index (χ4n) is 2.86. The van der Waals surface area contributed by atoms with Crippen LogP contribution in [0.5, 0.6) is 0 Å². The highest BCUT2D eigenvalue weighted by atomic mass is 79.9. The van der Waals surface area contributed by atoms with E-state index in [4.69, 9.17) is 4.63 Å². The van der Waals surface area contributed by atoms with E-state index in [9.17, 15) is 19.2 Å². The average Bonchev–Trinajstić information content (AvgIpc) is 3.51. The summed E-state index contributed by atoms with van der Waals surface area (Å²) in [6, 6.07) is 4.10. The molecule has 0 amide bonds. The van der Waals surface area contributed by atoms with Gasteiger partial charge in [-0.25, -0.2) is 14.0 Å². The van der Waals surface area contributed by atoms with Gasteiger partial charge in [0.05, 0.1) is 10.2 Å². The molecule has 0 unspecified atom stereocenters. The predicted molar refractivity (Wildman–Crippen MR) is 121 cm³/mol. The number of hydrogen-bond donors (Lipinski definition) is 4. The molecule has 2 aromatic carbocycles. The van der Waals surface area contributed by atoms with Crippen molar-refractivity contribution in [2.24, 2.45) is 10.9 Å². The van der Waals surface area contributed by atoms with E-state index in [1.54, 1.807) is 0 Å². The first kappa shape index (κ1) is 22.4. The third kappa shape index (κ3) is 5.00. The van der Waals surface area contributed by atoms with Gasteiger partial charge in [-0.1, -0.05) is 11.8 Å². The molecule has 0 radical (unpaired) electrons. The van der Waals surface area contributed by atoms with Gasteiger partial charge >= 0.3 is 0 Å². The Labute approximate surface area is 193 Å². The first-order valence-electron chi connectivity index (χ1n) is 9.68. The number of nitrogens with one attached hydrogen (secondary N) is 3. The maximum atomic E-state index is 13.4. The van der Waals surface area contributed by atoms with Crippen LogP contribution in [0.3, 0.4) is 0 Å². The minimum Gasteiger partial charge on any atom is -0.380 e. The number of anilines is 2. The second kappa shape index (κ2) is 9.79. The number of hydrogen-bond acceptors (Lipinski definition) is 10. The molecule has 0 spiro atoms. The van der Waals surface area contributed by atoms with E-state index in [0.717, 1.165) is 12.8 Å². The topological polar surface area (TPSA) is 142 Å². The molecule has 0 atom stereocenters. The van der Waals surface area contributed by atoms with Gasteiger partial charge in [0, 0.05) is 18.8 Å². The van der Waals surface area contributed by atoms with E-state index in [1.807, 2.05) is 5.48 Å². The monoisotopic (exact) mass is 524 g/mol. The van der Waals surface area contributed by atoms with Gasteiger partial charge in [-0.15, -0.1) is 0 Å². The van der Waals surface area contributed by atoms with Crippen molar-refractivity contribution in [3.05, 3.63) is 54.6 Å². The molecular weight excluding hydrogens is 507 g/mol. The summed E-state index contributed by atoms with van der Waals surface area (Å²) in [7, 11) is 0. The standard InChI is InChI=1S/C19H18BrFN6O4S/c20-11-7-10(3-4-12(11)21)24-18(25-30)15-19(27-31-26-15)32-6-5-22-13-14(17(29)16(13)28)23-8-9-1-2-9/h3-4,7,9,22-23,30H,1-2,5-6,8H2,(H,24,25). The zero-order valence-electron chi connectivity index (χ0n) is 16.5. The molecule has 10 nitrogen and oxygen atoms in total. The second-order valence-electron chi connectivity index (χ2n) is 7.10. The summed E-state index contributed by atoms with van der Waals surface area (Å²) in [6.45, 7) is 1.08. The van der Waals surface area contributed by atoms with Gasteiger partial charge in [0.15, 0.2) is 16.6 Å². The van der Waals surface area contributed by atoms with Crippen LogP contribution in [0.25, 0.3) is 0 Å². The molecule has 4 rings (SSSR count). The summed E-state index contributed by atoms with van der Waals surface area (Å²) < 4.78 is 18.4. The molecule has 1 fully saturated rings. The molecule has 1 aromatic heterocycles. The number of hydroxylamine groups is 1. The first-order valence-corrected chi connectivity index (χ1v) is 11.5. The van der Waals surface area contributed by atoms with Gasteiger partial charge in [-0.3, -0.25) is 20.3 Å². The molecule has 13 heteroatoms. The van der Waals surface area contributed by atoms with Crippen LogP contribution in [0.4, 0.5) is 21.5 Å². The quantitative estimate of drug-likeness (QED) is 0.0780. The molecule has 3 aromatic rings. The zero-order valence-corrected chi connectivity index (χ0v) is 18.9. The number of thioether (sulfide) groups is 1. The largest absolute Gasteiger partial charge is 0.380 e. The van der Waals surface area contributed by atoms with Crippen LogP contribution in [0.15, 0.2) is 46.9 Å². The summed E-state index contributed by atoms with van der Waals surface area (Å²) in [5, 5.41) is 23.4. The molecule has 32 heavy (non-hydrogen) atoms. The van der Waals surface area contributed by atoms with Crippen LogP contribution in [0, 0.1) is 11.7 Å². The number of aromatic nitrogens is 2. The van der Waals surface area contributed by atoms with Crippen molar-refractivity contribution in [1.82, 2.24) is 15.8 Å². The van der Waals surface area contributed by atoms with E-state index < -0.39 is 16.7 Å². The Hall–Kier alpha value is -2.77. The smallest absolute Gasteiger partial charge is 0.253 e. The third-order valence-corrected chi connectivity index (χ3v) is 6.31. The lowest BCUT2D eigenvalue weighted by atomic mass is 10.2. The fraction of sp³-hybridized carbons (Fsp3) is 0.316. The van der Waals surface area contributed by atoms with Gasteiger partial charge in [0.25, 0.3) is 10.9 Å². The van der Waals surface area contributed by atoms with Crippen molar-refractivity contribution in [1.29, 1.82) is 0 Å². The van der Waals surface area contributed by atoms with Crippen LogP contribution in [-0.2, 0) is 0 Å². The number of rotatable bonds is 10. The van der Waals surface area contributed by atoms with E-state index >= 15 is 0 Å². The molecule has 0 bridgehead atoms. The van der Waals surface area contributed by atoms with Crippen LogP contribution >= 0.6 is 27.7 Å². The van der Waals surface area contributed by atoms with E-state index in [2.05, 4.69) is 41.9 Å². The minimum absolute atomic E-state index is 0.0331. The summed E-state index contributed by atoms with van der Waals surface area (Å²) in [5.74, 6) is 0.562. The highest BCUT2D eigenvalue weighted by Gasteiger charge is 2.25. The van der Waals surface area contributed by atoms with E-state index in [0.29, 0.717) is 46.8 Å². The van der Waals surface area contributed by atoms with Gasteiger partial charge in [0.1, 0.15) is 17.2 Å². The molecule has 1 aliphatic carbocycles. The van der Waals surface area contributed by atoms with Crippen molar-refractivity contribution in [3.63, 3.8) is 0 Å². The van der Waals surface area contributed by atoms with Gasteiger partial charge < -0.3 is 10.6 Å². The van der Waals surface area contributed by atoms with Gasteiger partial charge in [-0.2, -0.15) is 0 Å². The minimum atomic E-state index is -0.526. The van der Waals surface area contributed by atoms with Crippen molar-refractivity contribution < 1.29 is 14.2 Å². The number of amidine groups is 1. The summed E-state index contributed by atoms with van der Waals surface area (Å²) in [6.07, 6.45) is 2.28. The Morgan fingerprint density at radius 2 is 2.00 bits per heavy atom. The average molecular weight is 525 g/mol. The predicted octanol–water partition coefficient (Wildman–Crippen LogP) is 2.65. The number of halogens is 2. The Morgan fingerprint density at radius 3 is 2.69 bits per heavy atom. The molecule has 4 N–H and O–H groups in total. The lowest BCUT2D eigenvalue weighted by Gasteiger charge is -2.14. The van der Waals surface area contributed by atoms with Crippen molar-refractivity contribution in [2.45, 2.75) is 17.9 Å². The van der Waals surface area contributed by atoms with Crippen LogP contribution in [-0.4, -0.2) is 40.2 Å². The lowest BCUT2D eigenvalue weighted by Crippen LogP contribution is -2.38. The number of benzene rings is 1. The maximum Gasteiger partial charge on any atom is 0.253 e. The third-order valence-electron chi connectivity index (χ3n) is 4.75. The normalized spacial score (nSPS) is 14.0. The second-order valence-corrected chi connectivity index (χ2v) is 9.03.